The molecule has 1 amide bonds. The lowest BCUT2D eigenvalue weighted by Crippen LogP contribution is -2.49. The number of nitrogens with one attached hydrogen (secondary N) is 1. The van der Waals surface area contributed by atoms with Gasteiger partial charge in [0.25, 0.3) is 0 Å². The van der Waals surface area contributed by atoms with Gasteiger partial charge < -0.3 is 24.4 Å². The summed E-state index contributed by atoms with van der Waals surface area (Å²) >= 11 is 3.65. The highest BCUT2D eigenvalue weighted by Crippen LogP contribution is 2.35. The van der Waals surface area contributed by atoms with Gasteiger partial charge in [-0.05, 0) is 52.9 Å². The number of fused-ring (bicyclic) bond motifs is 1. The number of aryl methyl sites for hydroxylation is 1. The average Bonchev–Trinajstić information content (AvgIpc) is 3.35. The van der Waals surface area contributed by atoms with Crippen molar-refractivity contribution in [2.75, 3.05) is 25.6 Å². The highest BCUT2D eigenvalue weighted by Gasteiger charge is 2.36. The molecule has 4 aromatic rings. The molecule has 220 valence electrons. The van der Waals surface area contributed by atoms with Crippen molar-refractivity contribution in [2.24, 2.45) is 0 Å². The zero-order valence-electron chi connectivity index (χ0n) is 23.9. The molecule has 1 aliphatic rings. The van der Waals surface area contributed by atoms with E-state index >= 15 is 0 Å². The normalized spacial score (nSPS) is 16.7. The number of amides is 1. The number of hydrogen-bond acceptors (Lipinski definition) is 8. The minimum Gasteiger partial charge on any atom is -0.496 e. The number of imidazole rings is 1. The third kappa shape index (κ3) is 6.67. The molecule has 2 atom stereocenters. The van der Waals surface area contributed by atoms with E-state index in [1.54, 1.807) is 18.2 Å². The highest BCUT2D eigenvalue weighted by molar-refractivity contribution is 9.10. The number of benzene rings is 2. The molecular weight excluding hydrogens is 602 g/mol. The first kappa shape index (κ1) is 29.4. The molecule has 1 N–H and O–H groups in total. The number of carbonyl (C=O) groups is 2. The number of anilines is 1. The highest BCUT2D eigenvalue weighted by atomic mass is 79.9. The molecule has 0 saturated carbocycles. The van der Waals surface area contributed by atoms with Crippen molar-refractivity contribution in [3.05, 3.63) is 88.0 Å². The lowest BCUT2D eigenvalue weighted by molar-refractivity contribution is -0.143. The van der Waals surface area contributed by atoms with Crippen molar-refractivity contribution < 1.29 is 23.8 Å². The Balaban J connectivity index is 1.36. The smallest absolute Gasteiger partial charge is 0.410 e. The van der Waals surface area contributed by atoms with Crippen LogP contribution in [0.15, 0.2) is 65.5 Å². The van der Waals surface area contributed by atoms with Crippen LogP contribution in [0.4, 0.5) is 10.6 Å². The predicted molar refractivity (Wildman–Crippen MR) is 161 cm³/mol. The second-order valence-electron chi connectivity index (χ2n) is 10.3. The molecule has 1 saturated heterocycles. The van der Waals surface area contributed by atoms with Gasteiger partial charge in [-0.15, -0.1) is 0 Å². The lowest BCUT2D eigenvalue weighted by Gasteiger charge is -2.38. The number of ether oxygens (including phenoxy) is 3. The van der Waals surface area contributed by atoms with E-state index in [1.807, 2.05) is 60.0 Å². The van der Waals surface area contributed by atoms with E-state index in [-0.39, 0.29) is 31.1 Å². The van der Waals surface area contributed by atoms with E-state index in [2.05, 4.69) is 32.3 Å². The van der Waals surface area contributed by atoms with Gasteiger partial charge in [0.2, 0.25) is 0 Å². The quantitative estimate of drug-likeness (QED) is 0.228. The van der Waals surface area contributed by atoms with Gasteiger partial charge in [-0.25, -0.2) is 14.8 Å². The summed E-state index contributed by atoms with van der Waals surface area (Å²) in [5.41, 5.74) is 3.84. The Morgan fingerprint density at radius 1 is 1.12 bits per heavy atom. The van der Waals surface area contributed by atoms with E-state index < -0.39 is 6.09 Å². The van der Waals surface area contributed by atoms with Crippen molar-refractivity contribution in [1.29, 1.82) is 0 Å². The van der Waals surface area contributed by atoms with Gasteiger partial charge in [0, 0.05) is 43.9 Å². The van der Waals surface area contributed by atoms with Crippen LogP contribution in [0.5, 0.6) is 5.75 Å². The Morgan fingerprint density at radius 3 is 2.69 bits per heavy atom. The van der Waals surface area contributed by atoms with E-state index in [1.165, 1.54) is 6.92 Å². The molecule has 0 unspecified atom stereocenters. The van der Waals surface area contributed by atoms with Crippen LogP contribution in [0.2, 0.25) is 0 Å². The first-order valence-corrected chi connectivity index (χ1v) is 14.6. The Morgan fingerprint density at radius 2 is 1.93 bits per heavy atom. The third-order valence-corrected chi connectivity index (χ3v) is 7.97. The molecule has 5 rings (SSSR count). The molecular formula is C31H34BrN5O5. The number of carbonyl (C=O) groups excluding carboxylic acids is 2. The van der Waals surface area contributed by atoms with Crippen LogP contribution in [0.1, 0.15) is 48.2 Å². The zero-order chi connectivity index (χ0) is 29.6. The fourth-order valence-electron chi connectivity index (χ4n) is 5.26. The summed E-state index contributed by atoms with van der Waals surface area (Å²) in [6, 6.07) is 15.3. The maximum absolute atomic E-state index is 13.3. The molecule has 0 radical (unpaired) electrons. The molecule has 11 heteroatoms. The maximum Gasteiger partial charge on any atom is 0.410 e. The summed E-state index contributed by atoms with van der Waals surface area (Å²) in [4.78, 5) is 36.0. The first-order valence-electron chi connectivity index (χ1n) is 13.8. The molecule has 3 heterocycles. The number of methoxy groups -OCH3 is 1. The van der Waals surface area contributed by atoms with E-state index in [9.17, 15) is 9.59 Å². The predicted octanol–water partition coefficient (Wildman–Crippen LogP) is 5.87. The summed E-state index contributed by atoms with van der Waals surface area (Å²) in [5.74, 6) is 1.84. The third-order valence-electron chi connectivity index (χ3n) is 7.42. The van der Waals surface area contributed by atoms with Crippen molar-refractivity contribution >= 4 is 39.3 Å². The van der Waals surface area contributed by atoms with Gasteiger partial charge in [-0.2, -0.15) is 0 Å². The fraction of sp³-hybridized carbons (Fsp3) is 0.355. The first-order chi connectivity index (χ1) is 20.3. The summed E-state index contributed by atoms with van der Waals surface area (Å²) in [5, 5.41) is 3.43. The van der Waals surface area contributed by atoms with Gasteiger partial charge in [-0.3, -0.25) is 9.20 Å². The Labute approximate surface area is 253 Å². The standard InChI is InChI=1S/C31H34BrN5O5/c1-20-9-10-23(26(15-20)40-3)16-34-29-27-28(32)35-30(36(27)14-13-33-29)24-11-12-25(19-41-21(2)38)37(17-24)31(39)42-18-22-7-5-4-6-8-22/h4-10,13-15,24-25H,11-12,16-19H2,1-3H3,(H,33,34)/t24-,25-/m1/s1. The average molecular weight is 637 g/mol. The van der Waals surface area contributed by atoms with Crippen LogP contribution >= 0.6 is 15.9 Å². The Bertz CT molecular complexity index is 1560. The number of hydrogen-bond donors (Lipinski definition) is 1. The second-order valence-corrected chi connectivity index (χ2v) is 11.1. The Kier molecular flexibility index (Phi) is 9.26. The minimum absolute atomic E-state index is 0.0749. The van der Waals surface area contributed by atoms with Gasteiger partial charge >= 0.3 is 12.1 Å². The number of rotatable bonds is 9. The maximum atomic E-state index is 13.3. The number of esters is 1. The second kappa shape index (κ2) is 13.2. The summed E-state index contributed by atoms with van der Waals surface area (Å²) in [6.07, 6.45) is 4.55. The van der Waals surface area contributed by atoms with Crippen molar-refractivity contribution in [3.63, 3.8) is 0 Å². The van der Waals surface area contributed by atoms with Crippen LogP contribution in [-0.4, -0.2) is 57.6 Å². The lowest BCUT2D eigenvalue weighted by atomic mass is 9.92. The molecule has 0 aliphatic carbocycles. The topological polar surface area (TPSA) is 107 Å². The van der Waals surface area contributed by atoms with Crippen LogP contribution in [-0.2, 0) is 27.4 Å². The number of nitrogens with zero attached hydrogens (tertiary/aromatic N) is 4. The van der Waals surface area contributed by atoms with Crippen LogP contribution in [0, 0.1) is 6.92 Å². The van der Waals surface area contributed by atoms with Gasteiger partial charge in [0.15, 0.2) is 5.82 Å². The summed E-state index contributed by atoms with van der Waals surface area (Å²) in [6.45, 7) is 4.57. The number of piperidine rings is 1. The van der Waals surface area contributed by atoms with Crippen molar-refractivity contribution in [2.45, 2.75) is 51.8 Å². The van der Waals surface area contributed by atoms with Crippen molar-refractivity contribution in [1.82, 2.24) is 19.3 Å². The van der Waals surface area contributed by atoms with Crippen LogP contribution in [0.3, 0.4) is 0 Å². The van der Waals surface area contributed by atoms with Gasteiger partial charge in [0.05, 0.1) is 13.2 Å². The number of aromatic nitrogens is 3. The Hall–Kier alpha value is -4.12. The fourth-order valence-corrected chi connectivity index (χ4v) is 5.82. The molecule has 10 nitrogen and oxygen atoms in total. The van der Waals surface area contributed by atoms with E-state index in [0.717, 1.165) is 40.2 Å². The molecule has 1 aliphatic heterocycles. The number of likely N-dealkylation sites (tertiary alicyclic amines) is 1. The molecule has 2 aromatic carbocycles. The van der Waals surface area contributed by atoms with Crippen LogP contribution in [0.25, 0.3) is 5.52 Å². The monoisotopic (exact) mass is 635 g/mol. The molecule has 0 spiro atoms. The van der Waals surface area contributed by atoms with Crippen molar-refractivity contribution in [3.8, 4) is 5.75 Å². The SMILES string of the molecule is COc1cc(C)ccc1CNc1nccn2c([C@@H]3CC[C@H](COC(C)=O)N(C(=O)OCc4ccccc4)C3)nc(Br)c12. The number of halogens is 1. The molecule has 2 aromatic heterocycles. The molecule has 1 fully saturated rings. The summed E-state index contributed by atoms with van der Waals surface area (Å²) < 4.78 is 19.2. The van der Waals surface area contributed by atoms with Gasteiger partial charge in [-0.1, -0.05) is 42.5 Å². The van der Waals surface area contributed by atoms with E-state index in [0.29, 0.717) is 29.9 Å². The summed E-state index contributed by atoms with van der Waals surface area (Å²) in [7, 11) is 1.67. The van der Waals surface area contributed by atoms with Crippen LogP contribution < -0.4 is 10.1 Å². The zero-order valence-corrected chi connectivity index (χ0v) is 25.5. The largest absolute Gasteiger partial charge is 0.496 e. The van der Waals surface area contributed by atoms with Gasteiger partial charge in [0.1, 0.15) is 34.9 Å². The molecule has 0 bridgehead atoms. The molecule has 42 heavy (non-hydrogen) atoms. The minimum atomic E-state index is -0.448. The van der Waals surface area contributed by atoms with E-state index in [4.69, 9.17) is 19.2 Å².